The van der Waals surface area contributed by atoms with Crippen molar-refractivity contribution in [1.29, 1.82) is 0 Å². The summed E-state index contributed by atoms with van der Waals surface area (Å²) in [6.07, 6.45) is 3.85. The van der Waals surface area contributed by atoms with Crippen molar-refractivity contribution < 1.29 is 43.4 Å². The normalized spacial score (nSPS) is 14.7. The van der Waals surface area contributed by atoms with Crippen LogP contribution in [0.4, 0.5) is 11.5 Å². The van der Waals surface area contributed by atoms with Crippen LogP contribution in [0.25, 0.3) is 0 Å². The molecule has 2 atom stereocenters. The number of nitrogens with one attached hydrogen (secondary N) is 2. The summed E-state index contributed by atoms with van der Waals surface area (Å²) < 4.78 is 10.4. The molecular formula is C27H37N5O9S. The van der Waals surface area contributed by atoms with Gasteiger partial charge >= 0.3 is 11.9 Å². The number of thioether (sulfide) groups is 1. The zero-order valence-electron chi connectivity index (χ0n) is 23.5. The van der Waals surface area contributed by atoms with Crippen LogP contribution in [0.2, 0.25) is 0 Å². The van der Waals surface area contributed by atoms with E-state index in [1.54, 1.807) is 24.8 Å². The highest BCUT2D eigenvalue weighted by Gasteiger charge is 2.23. The smallest absolute Gasteiger partial charge is 0.335 e. The fourth-order valence-electron chi connectivity index (χ4n) is 3.72. The van der Waals surface area contributed by atoms with Crippen LogP contribution in [0.15, 0.2) is 34.9 Å². The van der Waals surface area contributed by atoms with Crippen LogP contribution in [0, 0.1) is 6.92 Å². The van der Waals surface area contributed by atoms with E-state index in [9.17, 15) is 29.1 Å². The Morgan fingerprint density at radius 1 is 1.17 bits per heavy atom. The maximum Gasteiger partial charge on any atom is 0.335 e. The van der Waals surface area contributed by atoms with Gasteiger partial charge in [-0.3, -0.25) is 19.2 Å². The van der Waals surface area contributed by atoms with Crippen LogP contribution < -0.4 is 21.3 Å². The molecule has 2 aromatic rings. The topological polar surface area (TPSA) is 214 Å². The fourth-order valence-corrected chi connectivity index (χ4v) is 4.21. The van der Waals surface area contributed by atoms with E-state index in [0.717, 1.165) is 18.6 Å². The maximum atomic E-state index is 12.9. The Morgan fingerprint density at radius 2 is 1.93 bits per heavy atom. The van der Waals surface area contributed by atoms with Crippen LogP contribution >= 0.6 is 11.8 Å². The molecule has 0 spiro atoms. The van der Waals surface area contributed by atoms with Crippen molar-refractivity contribution >= 4 is 52.9 Å². The lowest BCUT2D eigenvalue weighted by Gasteiger charge is -2.23. The first-order valence-electron chi connectivity index (χ1n) is 13.2. The van der Waals surface area contributed by atoms with Crippen LogP contribution in [0.1, 0.15) is 48.2 Å². The van der Waals surface area contributed by atoms with Gasteiger partial charge in [0.25, 0.3) is 0 Å². The average molecular weight is 608 g/mol. The number of carbonyl (C=O) groups is 5. The lowest BCUT2D eigenvalue weighted by atomic mass is 10.1. The number of anilines is 2. The lowest BCUT2D eigenvalue weighted by Crippen LogP contribution is -2.43. The molecule has 6 N–H and O–H groups in total. The second kappa shape index (κ2) is 17.8. The molecule has 1 aromatic heterocycles. The van der Waals surface area contributed by atoms with Gasteiger partial charge in [0.05, 0.1) is 11.7 Å². The third kappa shape index (κ3) is 12.3. The van der Waals surface area contributed by atoms with Gasteiger partial charge in [-0.05, 0) is 56.4 Å². The first-order chi connectivity index (χ1) is 20.0. The van der Waals surface area contributed by atoms with E-state index in [-0.39, 0.29) is 42.6 Å². The molecule has 1 unspecified atom stereocenters. The molecular weight excluding hydrogens is 570 g/mol. The summed E-state index contributed by atoms with van der Waals surface area (Å²) in [5.74, 6) is -1.85. The van der Waals surface area contributed by atoms with Crippen molar-refractivity contribution in [3.05, 3.63) is 41.7 Å². The number of nitrogens with two attached hydrogens (primary N) is 1. The van der Waals surface area contributed by atoms with E-state index >= 15 is 0 Å². The van der Waals surface area contributed by atoms with Gasteiger partial charge < -0.3 is 40.7 Å². The Bertz CT molecular complexity index is 1220. The Morgan fingerprint density at radius 3 is 2.52 bits per heavy atom. The summed E-state index contributed by atoms with van der Waals surface area (Å²) in [5.41, 5.74) is 5.42. The van der Waals surface area contributed by atoms with E-state index in [4.69, 9.17) is 20.1 Å². The van der Waals surface area contributed by atoms with E-state index in [1.807, 2.05) is 6.26 Å². The number of hydrogen-bond donors (Lipinski definition) is 5. The Labute approximate surface area is 247 Å². The number of carbonyl (C=O) groups excluding carboxylic acids is 3. The van der Waals surface area contributed by atoms with Crippen molar-refractivity contribution in [3.63, 3.8) is 0 Å². The van der Waals surface area contributed by atoms with Crippen molar-refractivity contribution in [2.24, 2.45) is 5.73 Å². The molecule has 2 heterocycles. The predicted octanol–water partition coefficient (Wildman–Crippen LogP) is 1.88. The Kier molecular flexibility index (Phi) is 14.5. The second-order valence-electron chi connectivity index (χ2n) is 9.37. The number of nitrogens with zero attached hydrogens (tertiary/aromatic N) is 2. The van der Waals surface area contributed by atoms with Crippen molar-refractivity contribution in [3.8, 4) is 0 Å². The zero-order valence-corrected chi connectivity index (χ0v) is 24.4. The molecule has 0 bridgehead atoms. The molecule has 230 valence electrons. The number of benzene rings is 1. The number of ether oxygens (including phenoxy) is 1. The molecule has 42 heavy (non-hydrogen) atoms. The highest BCUT2D eigenvalue weighted by Crippen LogP contribution is 2.19. The molecule has 15 heteroatoms. The van der Waals surface area contributed by atoms with Gasteiger partial charge in [-0.25, -0.2) is 4.79 Å². The Hall–Kier alpha value is -3.95. The summed E-state index contributed by atoms with van der Waals surface area (Å²) in [6.45, 7) is 2.34. The van der Waals surface area contributed by atoms with E-state index in [2.05, 4.69) is 15.8 Å². The molecule has 1 aliphatic heterocycles. The van der Waals surface area contributed by atoms with Crippen LogP contribution in [0.5, 0.6) is 0 Å². The van der Waals surface area contributed by atoms with Crippen LogP contribution in [-0.4, -0.2) is 88.9 Å². The third-order valence-corrected chi connectivity index (χ3v) is 6.61. The van der Waals surface area contributed by atoms with Gasteiger partial charge in [0.1, 0.15) is 18.3 Å². The first-order valence-corrected chi connectivity index (χ1v) is 14.6. The second-order valence-corrected chi connectivity index (χ2v) is 10.4. The van der Waals surface area contributed by atoms with Gasteiger partial charge in [0.2, 0.25) is 17.7 Å². The minimum atomic E-state index is -1.16. The number of aliphatic carboxylic acids is 1. The minimum absolute atomic E-state index is 0.0239. The van der Waals surface area contributed by atoms with Crippen molar-refractivity contribution in [2.45, 2.75) is 51.2 Å². The number of rotatable bonds is 14. The molecule has 3 amide bonds. The SMILES string of the molecule is CSCC[C@H](N)C(=O)O.Cc1cc(NC(=O)CCC(=O)N(CC(=O)NCC2CCCO2)c2cccc(C(=O)O)c2)no1. The average Bonchev–Trinajstić information content (AvgIpc) is 3.64. The summed E-state index contributed by atoms with van der Waals surface area (Å²) in [5, 5.41) is 26.5. The molecule has 3 rings (SSSR count). The first kappa shape index (κ1) is 34.3. The van der Waals surface area contributed by atoms with E-state index in [0.29, 0.717) is 25.3 Å². The van der Waals surface area contributed by atoms with Gasteiger partial charge in [-0.1, -0.05) is 11.2 Å². The molecule has 0 radical (unpaired) electrons. The molecule has 0 saturated carbocycles. The number of carboxylic acid groups (broad SMARTS) is 2. The molecule has 1 aromatic carbocycles. The molecule has 1 saturated heterocycles. The number of amides is 3. The number of aromatic nitrogens is 1. The molecule has 1 aliphatic rings. The number of hydrogen-bond acceptors (Lipinski definition) is 10. The summed E-state index contributed by atoms with van der Waals surface area (Å²) in [7, 11) is 0. The highest BCUT2D eigenvalue weighted by atomic mass is 32.2. The minimum Gasteiger partial charge on any atom is -0.480 e. The van der Waals surface area contributed by atoms with Gasteiger partial charge in [0, 0.05) is 37.7 Å². The zero-order chi connectivity index (χ0) is 31.1. The standard InChI is InChI=1S/C22H26N4O7.C5H11NO2S/c1-14-10-18(25-33-14)24-19(27)7-8-21(29)26(16-5-2-4-15(11-16)22(30)31)13-20(28)23-12-17-6-3-9-32-17;1-9-3-2-4(6)5(7)8/h2,4-5,10-11,17H,3,6-9,12-13H2,1H3,(H,23,28)(H,30,31)(H,24,25,27);4H,2-3,6H2,1H3,(H,7,8)/t;4-/m.0/s1. The number of carboxylic acids is 2. The maximum absolute atomic E-state index is 12.9. The fraction of sp³-hybridized carbons (Fsp3) is 0.481. The summed E-state index contributed by atoms with van der Waals surface area (Å²) in [4.78, 5) is 60.2. The summed E-state index contributed by atoms with van der Waals surface area (Å²) in [6, 6.07) is 6.59. The van der Waals surface area contributed by atoms with Crippen LogP contribution in [0.3, 0.4) is 0 Å². The quantitative estimate of drug-likeness (QED) is 0.208. The molecule has 14 nitrogen and oxygen atoms in total. The van der Waals surface area contributed by atoms with Crippen LogP contribution in [-0.2, 0) is 23.9 Å². The molecule has 0 aliphatic carbocycles. The van der Waals surface area contributed by atoms with Gasteiger partial charge in [-0.2, -0.15) is 11.8 Å². The third-order valence-electron chi connectivity index (χ3n) is 5.97. The Balaban J connectivity index is 0.000000592. The monoisotopic (exact) mass is 607 g/mol. The number of aryl methyl sites for hydroxylation is 1. The van der Waals surface area contributed by atoms with E-state index < -0.39 is 35.7 Å². The number of aromatic carboxylic acids is 1. The molecule has 1 fully saturated rings. The van der Waals surface area contributed by atoms with Gasteiger partial charge in [-0.15, -0.1) is 0 Å². The largest absolute Gasteiger partial charge is 0.480 e. The highest BCUT2D eigenvalue weighted by molar-refractivity contribution is 7.98. The predicted molar refractivity (Wildman–Crippen MR) is 155 cm³/mol. The summed E-state index contributed by atoms with van der Waals surface area (Å²) >= 11 is 1.60. The van der Waals surface area contributed by atoms with Gasteiger partial charge in [0.15, 0.2) is 5.82 Å². The lowest BCUT2D eigenvalue weighted by molar-refractivity contribution is -0.138. The van der Waals surface area contributed by atoms with E-state index in [1.165, 1.54) is 29.2 Å². The van der Waals surface area contributed by atoms with Crippen molar-refractivity contribution in [1.82, 2.24) is 10.5 Å². The van der Waals surface area contributed by atoms with Crippen molar-refractivity contribution in [2.75, 3.05) is 41.9 Å².